The van der Waals surface area contributed by atoms with Gasteiger partial charge in [-0.1, -0.05) is 43.2 Å². The third-order valence-corrected chi connectivity index (χ3v) is 2.98. The van der Waals surface area contributed by atoms with Crippen molar-refractivity contribution in [1.82, 2.24) is 0 Å². The number of unbranched alkanes of at least 4 members (excludes halogenated alkanes) is 3. The van der Waals surface area contributed by atoms with E-state index >= 15 is 0 Å². The average molecular weight is 281 g/mol. The standard InChI is InChI=1S/C15H23NO4/c17-15(13-20-16-18)12-19-11-7-2-1-4-8-14-9-5-3-6-10-14/h3,5-6,9-10,15,17H,1-2,4,7-8,11-13H2. The van der Waals surface area contributed by atoms with Gasteiger partial charge in [-0.2, -0.15) is 0 Å². The monoisotopic (exact) mass is 281 g/mol. The van der Waals surface area contributed by atoms with Crippen LogP contribution in [0.2, 0.25) is 0 Å². The molecule has 1 atom stereocenters. The van der Waals surface area contributed by atoms with E-state index in [1.807, 2.05) is 6.07 Å². The Hall–Kier alpha value is -1.46. The van der Waals surface area contributed by atoms with Crippen molar-refractivity contribution < 1.29 is 14.7 Å². The average Bonchev–Trinajstić information content (AvgIpc) is 2.49. The number of ether oxygens (including phenoxy) is 1. The van der Waals surface area contributed by atoms with Crippen LogP contribution in [0.4, 0.5) is 0 Å². The Kier molecular flexibility index (Phi) is 9.44. The smallest absolute Gasteiger partial charge is 0.155 e. The molecule has 1 unspecified atom stereocenters. The number of hydrogen-bond acceptors (Lipinski definition) is 5. The van der Waals surface area contributed by atoms with Crippen molar-refractivity contribution in [2.24, 2.45) is 5.34 Å². The van der Waals surface area contributed by atoms with Crippen molar-refractivity contribution in [3.8, 4) is 0 Å². The fraction of sp³-hybridized carbons (Fsp3) is 0.600. The first-order chi connectivity index (χ1) is 9.83. The molecule has 0 saturated carbocycles. The van der Waals surface area contributed by atoms with Crippen LogP contribution in [-0.2, 0) is 16.0 Å². The number of benzene rings is 1. The fourth-order valence-corrected chi connectivity index (χ4v) is 1.92. The van der Waals surface area contributed by atoms with Crippen LogP contribution in [0.3, 0.4) is 0 Å². The van der Waals surface area contributed by atoms with Crippen molar-refractivity contribution in [2.45, 2.75) is 38.2 Å². The summed E-state index contributed by atoms with van der Waals surface area (Å²) in [6.07, 6.45) is 4.80. The lowest BCUT2D eigenvalue weighted by molar-refractivity contribution is -0.0193. The quantitative estimate of drug-likeness (QED) is 0.363. The molecule has 0 bridgehead atoms. The van der Waals surface area contributed by atoms with Gasteiger partial charge in [0.1, 0.15) is 12.7 Å². The van der Waals surface area contributed by atoms with Crippen LogP contribution in [0.25, 0.3) is 0 Å². The van der Waals surface area contributed by atoms with Gasteiger partial charge in [0.15, 0.2) is 5.34 Å². The number of aliphatic hydroxyl groups is 1. The van der Waals surface area contributed by atoms with Gasteiger partial charge in [0, 0.05) is 6.61 Å². The van der Waals surface area contributed by atoms with Crippen LogP contribution < -0.4 is 0 Å². The number of hydrogen-bond donors (Lipinski definition) is 1. The van der Waals surface area contributed by atoms with Crippen molar-refractivity contribution >= 4 is 0 Å². The minimum absolute atomic E-state index is 0.111. The molecule has 0 amide bonds. The molecule has 0 saturated heterocycles. The zero-order chi connectivity index (χ0) is 14.5. The molecule has 0 heterocycles. The number of nitrogens with zero attached hydrogens (tertiary/aromatic N) is 1. The lowest BCUT2D eigenvalue weighted by Gasteiger charge is -2.08. The summed E-state index contributed by atoms with van der Waals surface area (Å²) in [5, 5.41) is 11.5. The first kappa shape index (κ1) is 16.6. The topological polar surface area (TPSA) is 68.1 Å². The Morgan fingerprint density at radius 3 is 2.55 bits per heavy atom. The van der Waals surface area contributed by atoms with E-state index < -0.39 is 6.10 Å². The first-order valence-corrected chi connectivity index (χ1v) is 7.07. The van der Waals surface area contributed by atoms with Crippen molar-refractivity contribution in [3.05, 3.63) is 40.8 Å². The Morgan fingerprint density at radius 2 is 1.80 bits per heavy atom. The van der Waals surface area contributed by atoms with Crippen LogP contribution in [0.1, 0.15) is 31.2 Å². The summed E-state index contributed by atoms with van der Waals surface area (Å²) < 4.78 is 5.28. The van der Waals surface area contributed by atoms with E-state index in [-0.39, 0.29) is 13.2 Å². The minimum Gasteiger partial charge on any atom is -0.387 e. The minimum atomic E-state index is -0.786. The molecule has 0 spiro atoms. The van der Waals surface area contributed by atoms with Gasteiger partial charge in [0.05, 0.1) is 6.61 Å². The molecule has 1 N–H and O–H groups in total. The normalized spacial score (nSPS) is 12.1. The van der Waals surface area contributed by atoms with Crippen molar-refractivity contribution in [1.29, 1.82) is 0 Å². The van der Waals surface area contributed by atoms with Crippen LogP contribution in [-0.4, -0.2) is 31.0 Å². The molecule has 5 heteroatoms. The molecule has 1 aromatic rings. The molecular weight excluding hydrogens is 258 g/mol. The highest BCUT2D eigenvalue weighted by molar-refractivity contribution is 5.14. The molecule has 0 radical (unpaired) electrons. The van der Waals surface area contributed by atoms with Crippen LogP contribution >= 0.6 is 0 Å². The summed E-state index contributed by atoms with van der Waals surface area (Å²) in [5.41, 5.74) is 1.38. The maximum Gasteiger partial charge on any atom is 0.155 e. The highest BCUT2D eigenvalue weighted by atomic mass is 16.7. The summed E-state index contributed by atoms with van der Waals surface area (Å²) in [6, 6.07) is 10.5. The zero-order valence-corrected chi connectivity index (χ0v) is 11.7. The van der Waals surface area contributed by atoms with Gasteiger partial charge in [0.25, 0.3) is 0 Å². The highest BCUT2D eigenvalue weighted by Gasteiger charge is 2.04. The lowest BCUT2D eigenvalue weighted by Crippen LogP contribution is -2.20. The first-order valence-electron chi connectivity index (χ1n) is 7.07. The maximum absolute atomic E-state index is 9.66. The molecule has 1 rings (SSSR count). The van der Waals surface area contributed by atoms with Gasteiger partial charge >= 0.3 is 0 Å². The molecule has 0 aromatic heterocycles. The third kappa shape index (κ3) is 8.61. The predicted molar refractivity (Wildman–Crippen MR) is 77.2 cm³/mol. The van der Waals surface area contributed by atoms with E-state index in [4.69, 9.17) is 4.74 Å². The zero-order valence-electron chi connectivity index (χ0n) is 11.7. The Morgan fingerprint density at radius 1 is 1.05 bits per heavy atom. The van der Waals surface area contributed by atoms with Gasteiger partial charge in [-0.05, 0) is 24.8 Å². The Balaban J connectivity index is 1.86. The highest BCUT2D eigenvalue weighted by Crippen LogP contribution is 2.07. The van der Waals surface area contributed by atoms with Gasteiger partial charge in [0.2, 0.25) is 0 Å². The summed E-state index contributed by atoms with van der Waals surface area (Å²) in [4.78, 5) is 13.9. The summed E-state index contributed by atoms with van der Waals surface area (Å²) in [7, 11) is 0. The molecule has 20 heavy (non-hydrogen) atoms. The van der Waals surface area contributed by atoms with E-state index in [2.05, 4.69) is 34.4 Å². The fourth-order valence-electron chi connectivity index (χ4n) is 1.92. The lowest BCUT2D eigenvalue weighted by atomic mass is 10.1. The van der Waals surface area contributed by atoms with Gasteiger partial charge < -0.3 is 14.7 Å². The second kappa shape index (κ2) is 11.4. The second-order valence-electron chi connectivity index (χ2n) is 4.75. The van der Waals surface area contributed by atoms with Gasteiger partial charge in [-0.25, -0.2) is 0 Å². The van der Waals surface area contributed by atoms with Crippen molar-refractivity contribution in [3.63, 3.8) is 0 Å². The molecule has 1 aromatic carbocycles. The molecule has 0 aliphatic rings. The molecule has 0 aliphatic carbocycles. The van der Waals surface area contributed by atoms with Crippen LogP contribution in [0.5, 0.6) is 0 Å². The van der Waals surface area contributed by atoms with Crippen LogP contribution in [0, 0.1) is 4.91 Å². The SMILES string of the molecule is O=NOCC(O)COCCCCCCc1ccccc1. The van der Waals surface area contributed by atoms with E-state index in [1.165, 1.54) is 18.4 Å². The van der Waals surface area contributed by atoms with E-state index in [9.17, 15) is 10.0 Å². The van der Waals surface area contributed by atoms with E-state index in [1.54, 1.807) is 0 Å². The van der Waals surface area contributed by atoms with Crippen LogP contribution in [0.15, 0.2) is 35.7 Å². The Labute approximate surface area is 119 Å². The molecule has 5 nitrogen and oxygen atoms in total. The molecule has 0 aliphatic heterocycles. The largest absolute Gasteiger partial charge is 0.387 e. The predicted octanol–water partition coefficient (Wildman–Crippen LogP) is 2.87. The third-order valence-electron chi connectivity index (χ3n) is 2.98. The molecule has 112 valence electrons. The summed E-state index contributed by atoms with van der Waals surface area (Å²) in [5.74, 6) is 0. The molecule has 0 fully saturated rings. The maximum atomic E-state index is 9.66. The van der Waals surface area contributed by atoms with Gasteiger partial charge in [-0.15, -0.1) is 4.91 Å². The van der Waals surface area contributed by atoms with E-state index in [0.29, 0.717) is 6.61 Å². The number of aryl methyl sites for hydroxylation is 1. The number of aliphatic hydroxyl groups excluding tert-OH is 1. The summed E-state index contributed by atoms with van der Waals surface area (Å²) >= 11 is 0. The van der Waals surface area contributed by atoms with Gasteiger partial charge in [-0.3, -0.25) is 0 Å². The number of rotatable bonds is 12. The Bertz CT molecular complexity index is 345. The van der Waals surface area contributed by atoms with Crippen molar-refractivity contribution in [2.75, 3.05) is 19.8 Å². The van der Waals surface area contributed by atoms with E-state index in [0.717, 1.165) is 19.3 Å². The second-order valence-corrected chi connectivity index (χ2v) is 4.75. The molecular formula is C15H23NO4. The summed E-state index contributed by atoms with van der Waals surface area (Å²) in [6.45, 7) is 0.691.